The molecule has 0 saturated carbocycles. The van der Waals surface area contributed by atoms with Crippen molar-refractivity contribution >= 4 is 22.9 Å². The summed E-state index contributed by atoms with van der Waals surface area (Å²) in [6, 6.07) is 9.92. The first-order valence-corrected chi connectivity index (χ1v) is 6.66. The zero-order valence-corrected chi connectivity index (χ0v) is 10.9. The predicted molar refractivity (Wildman–Crippen MR) is 72.2 cm³/mol. The summed E-state index contributed by atoms with van der Waals surface area (Å²) in [4.78, 5) is 1.24. The molecule has 90 valence electrons. The van der Waals surface area contributed by atoms with Crippen LogP contribution in [0.25, 0.3) is 0 Å². The molecule has 0 aliphatic carbocycles. The molecule has 0 radical (unpaired) electrons. The first-order valence-electron chi connectivity index (χ1n) is 5.40. The Morgan fingerprint density at radius 1 is 1.12 bits per heavy atom. The minimum atomic E-state index is 0.0986. The van der Waals surface area contributed by atoms with Gasteiger partial charge < -0.3 is 10.4 Å². The van der Waals surface area contributed by atoms with E-state index in [1.165, 1.54) is 10.4 Å². The van der Waals surface area contributed by atoms with E-state index in [4.69, 9.17) is 16.7 Å². The fourth-order valence-corrected chi connectivity index (χ4v) is 2.58. The van der Waals surface area contributed by atoms with Crippen LogP contribution in [0.2, 0.25) is 5.02 Å². The van der Waals surface area contributed by atoms with Crippen molar-refractivity contribution in [2.75, 3.05) is 0 Å². The number of benzene rings is 1. The van der Waals surface area contributed by atoms with Gasteiger partial charge in [-0.2, -0.15) is 0 Å². The van der Waals surface area contributed by atoms with Crippen molar-refractivity contribution < 1.29 is 5.11 Å². The Kier molecular flexibility index (Phi) is 4.57. The summed E-state index contributed by atoms with van der Waals surface area (Å²) >= 11 is 7.51. The molecule has 2 N–H and O–H groups in total. The fraction of sp³-hybridized carbons (Fsp3) is 0.231. The summed E-state index contributed by atoms with van der Waals surface area (Å²) in [5.74, 6) is 0. The molecular weight excluding hydrogens is 254 g/mol. The molecule has 0 spiro atoms. The first-order chi connectivity index (χ1) is 8.28. The number of hydrogen-bond acceptors (Lipinski definition) is 3. The van der Waals surface area contributed by atoms with Gasteiger partial charge in [-0.1, -0.05) is 35.9 Å². The Morgan fingerprint density at radius 2 is 1.82 bits per heavy atom. The quantitative estimate of drug-likeness (QED) is 0.872. The highest BCUT2D eigenvalue weighted by Gasteiger charge is 1.98. The Balaban J connectivity index is 1.81. The smallest absolute Gasteiger partial charge is 0.0681 e. The molecule has 2 nitrogen and oxygen atoms in total. The summed E-state index contributed by atoms with van der Waals surface area (Å²) in [6.07, 6.45) is 0. The second kappa shape index (κ2) is 6.17. The van der Waals surface area contributed by atoms with Crippen LogP contribution in [0.15, 0.2) is 35.7 Å². The monoisotopic (exact) mass is 267 g/mol. The molecule has 4 heteroatoms. The maximum absolute atomic E-state index is 8.93. The van der Waals surface area contributed by atoms with Gasteiger partial charge in [-0.3, -0.25) is 0 Å². The van der Waals surface area contributed by atoms with Crippen molar-refractivity contribution in [1.29, 1.82) is 0 Å². The van der Waals surface area contributed by atoms with Crippen LogP contribution < -0.4 is 5.32 Å². The fourth-order valence-electron chi connectivity index (χ4n) is 1.54. The van der Waals surface area contributed by atoms with Crippen molar-refractivity contribution in [3.05, 3.63) is 56.7 Å². The molecule has 2 rings (SSSR count). The highest BCUT2D eigenvalue weighted by molar-refractivity contribution is 7.10. The molecule has 1 aromatic heterocycles. The van der Waals surface area contributed by atoms with Crippen LogP contribution in [0.5, 0.6) is 0 Å². The van der Waals surface area contributed by atoms with Crippen molar-refractivity contribution in [2.24, 2.45) is 0 Å². The Hall–Kier alpha value is -0.870. The van der Waals surface area contributed by atoms with Crippen LogP contribution in [-0.4, -0.2) is 5.11 Å². The van der Waals surface area contributed by atoms with Gasteiger partial charge in [0, 0.05) is 23.3 Å². The van der Waals surface area contributed by atoms with Gasteiger partial charge in [-0.05, 0) is 17.2 Å². The number of hydrogen-bond donors (Lipinski definition) is 2. The van der Waals surface area contributed by atoms with Gasteiger partial charge in [0.1, 0.15) is 0 Å². The molecule has 0 saturated heterocycles. The molecular formula is C13H14ClNOS. The minimum absolute atomic E-state index is 0.0986. The molecule has 0 unspecified atom stereocenters. The van der Waals surface area contributed by atoms with Gasteiger partial charge in [0.2, 0.25) is 0 Å². The molecule has 0 aliphatic heterocycles. The van der Waals surface area contributed by atoms with Crippen molar-refractivity contribution in [3.63, 3.8) is 0 Å². The van der Waals surface area contributed by atoms with E-state index >= 15 is 0 Å². The highest BCUT2D eigenvalue weighted by atomic mass is 35.5. The maximum atomic E-state index is 8.93. The molecule has 2 aromatic rings. The zero-order chi connectivity index (χ0) is 12.1. The van der Waals surface area contributed by atoms with Crippen LogP contribution in [-0.2, 0) is 19.7 Å². The van der Waals surface area contributed by atoms with Gasteiger partial charge in [0.25, 0.3) is 0 Å². The maximum Gasteiger partial charge on any atom is 0.0681 e. The topological polar surface area (TPSA) is 32.3 Å². The highest BCUT2D eigenvalue weighted by Crippen LogP contribution is 2.18. The van der Waals surface area contributed by atoms with Gasteiger partial charge in [0.15, 0.2) is 0 Å². The lowest BCUT2D eigenvalue weighted by Crippen LogP contribution is -2.11. The van der Waals surface area contributed by atoms with Crippen LogP contribution >= 0.6 is 22.9 Å². The van der Waals surface area contributed by atoms with Crippen molar-refractivity contribution in [3.8, 4) is 0 Å². The van der Waals surface area contributed by atoms with Crippen LogP contribution in [0.4, 0.5) is 0 Å². The first kappa shape index (κ1) is 12.6. The van der Waals surface area contributed by atoms with Gasteiger partial charge in [-0.25, -0.2) is 0 Å². The van der Waals surface area contributed by atoms with Gasteiger partial charge in [-0.15, -0.1) is 11.3 Å². The summed E-state index contributed by atoms with van der Waals surface area (Å²) in [7, 11) is 0. The van der Waals surface area contributed by atoms with E-state index < -0.39 is 0 Å². The molecule has 1 heterocycles. The second-order valence-corrected chi connectivity index (χ2v) is 5.24. The van der Waals surface area contributed by atoms with Crippen LogP contribution in [0.3, 0.4) is 0 Å². The van der Waals surface area contributed by atoms with E-state index in [9.17, 15) is 0 Å². The third-order valence-corrected chi connectivity index (χ3v) is 3.74. The van der Waals surface area contributed by atoms with Gasteiger partial charge in [0.05, 0.1) is 11.6 Å². The molecule has 0 fully saturated rings. The Bertz CT molecular complexity index is 467. The van der Waals surface area contributed by atoms with Crippen molar-refractivity contribution in [1.82, 2.24) is 5.32 Å². The largest absolute Gasteiger partial charge is 0.392 e. The standard InChI is InChI=1S/C13H14ClNOS/c14-12-5-13(17-9-12)7-15-6-10-1-3-11(8-16)4-2-10/h1-5,9,15-16H,6-8H2. The van der Waals surface area contributed by atoms with E-state index in [0.717, 1.165) is 23.7 Å². The molecule has 1 aromatic carbocycles. The lowest BCUT2D eigenvalue weighted by molar-refractivity contribution is 0.282. The number of nitrogens with one attached hydrogen (secondary N) is 1. The Morgan fingerprint density at radius 3 is 2.41 bits per heavy atom. The number of rotatable bonds is 5. The predicted octanol–water partition coefficient (Wildman–Crippen LogP) is 3.18. The Labute approximate surface area is 110 Å². The van der Waals surface area contributed by atoms with Gasteiger partial charge >= 0.3 is 0 Å². The van der Waals surface area contributed by atoms with E-state index in [1.54, 1.807) is 11.3 Å². The number of halogens is 1. The van der Waals surface area contributed by atoms with E-state index in [1.807, 2.05) is 35.7 Å². The lowest BCUT2D eigenvalue weighted by Gasteiger charge is -2.04. The lowest BCUT2D eigenvalue weighted by atomic mass is 10.1. The normalized spacial score (nSPS) is 10.7. The summed E-state index contributed by atoms with van der Waals surface area (Å²) in [5.41, 5.74) is 2.16. The van der Waals surface area contributed by atoms with Crippen LogP contribution in [0.1, 0.15) is 16.0 Å². The van der Waals surface area contributed by atoms with E-state index in [-0.39, 0.29) is 6.61 Å². The molecule has 0 aliphatic rings. The van der Waals surface area contributed by atoms with E-state index in [0.29, 0.717) is 0 Å². The van der Waals surface area contributed by atoms with Crippen LogP contribution in [0, 0.1) is 0 Å². The number of thiophene rings is 1. The summed E-state index contributed by atoms with van der Waals surface area (Å²) in [5, 5.41) is 15.0. The molecule has 0 atom stereocenters. The van der Waals surface area contributed by atoms with E-state index in [2.05, 4.69) is 5.32 Å². The summed E-state index contributed by atoms with van der Waals surface area (Å²) < 4.78 is 0. The molecule has 0 bridgehead atoms. The average molecular weight is 268 g/mol. The average Bonchev–Trinajstić information content (AvgIpc) is 2.76. The number of aliphatic hydroxyl groups is 1. The van der Waals surface area contributed by atoms with Crippen molar-refractivity contribution in [2.45, 2.75) is 19.7 Å². The SMILES string of the molecule is OCc1ccc(CNCc2cc(Cl)cs2)cc1. The third kappa shape index (κ3) is 3.82. The molecule has 0 amide bonds. The second-order valence-electron chi connectivity index (χ2n) is 3.81. The zero-order valence-electron chi connectivity index (χ0n) is 9.32. The molecule has 17 heavy (non-hydrogen) atoms. The third-order valence-electron chi connectivity index (χ3n) is 2.46. The minimum Gasteiger partial charge on any atom is -0.392 e. The number of aliphatic hydroxyl groups excluding tert-OH is 1. The summed E-state index contributed by atoms with van der Waals surface area (Å²) in [6.45, 7) is 1.75.